The third-order valence-corrected chi connectivity index (χ3v) is 5.03. The van der Waals surface area contributed by atoms with Gasteiger partial charge in [0.05, 0.1) is 20.3 Å². The topological polar surface area (TPSA) is 37.0 Å². The number of nitrogens with zero attached hydrogens (tertiary/aromatic N) is 2. The van der Waals surface area contributed by atoms with E-state index in [2.05, 4.69) is 28.1 Å². The molecule has 2 heterocycles. The number of rotatable bonds is 5. The van der Waals surface area contributed by atoms with E-state index in [9.17, 15) is 0 Å². The van der Waals surface area contributed by atoms with Crippen molar-refractivity contribution < 1.29 is 9.47 Å². The molecule has 0 unspecified atom stereocenters. The summed E-state index contributed by atoms with van der Waals surface area (Å²) < 4.78 is 11.1. The van der Waals surface area contributed by atoms with Crippen LogP contribution in [0.15, 0.2) is 12.1 Å². The van der Waals surface area contributed by atoms with E-state index in [4.69, 9.17) is 9.47 Å². The molecule has 5 nitrogen and oxygen atoms in total. The monoisotopic (exact) mass is 319 g/mol. The largest absolute Gasteiger partial charge is 0.497 e. The second-order valence-electron chi connectivity index (χ2n) is 6.43. The molecule has 0 radical (unpaired) electrons. The van der Waals surface area contributed by atoms with Gasteiger partial charge in [-0.05, 0) is 24.6 Å². The normalized spacial score (nSPS) is 22.7. The zero-order chi connectivity index (χ0) is 16.2. The third-order valence-electron chi connectivity index (χ3n) is 5.03. The number of hydrogen-bond acceptors (Lipinski definition) is 5. The smallest absolute Gasteiger partial charge is 0.127 e. The average molecular weight is 319 g/mol. The molecule has 0 amide bonds. The molecule has 2 aliphatic heterocycles. The Kier molecular flexibility index (Phi) is 5.41. The minimum Gasteiger partial charge on any atom is -0.497 e. The van der Waals surface area contributed by atoms with Gasteiger partial charge < -0.3 is 19.7 Å². The minimum atomic E-state index is 0.392. The molecule has 0 aliphatic carbocycles. The molecule has 128 valence electrons. The van der Waals surface area contributed by atoms with Gasteiger partial charge in [-0.15, -0.1) is 0 Å². The van der Waals surface area contributed by atoms with Crippen LogP contribution in [0.2, 0.25) is 0 Å². The van der Waals surface area contributed by atoms with E-state index >= 15 is 0 Å². The summed E-state index contributed by atoms with van der Waals surface area (Å²) in [4.78, 5) is 5.17. The van der Waals surface area contributed by atoms with Crippen LogP contribution in [0.1, 0.15) is 30.5 Å². The maximum atomic E-state index is 5.69. The van der Waals surface area contributed by atoms with E-state index in [1.54, 1.807) is 14.2 Å². The van der Waals surface area contributed by atoms with Crippen LogP contribution in [0, 0.1) is 0 Å². The summed E-state index contributed by atoms with van der Waals surface area (Å²) in [6, 6.07) is 4.55. The number of ether oxygens (including phenoxy) is 2. The number of benzene rings is 1. The first-order valence-electron chi connectivity index (χ1n) is 8.68. The number of methoxy groups -OCH3 is 2. The summed E-state index contributed by atoms with van der Waals surface area (Å²) in [5.74, 6) is 1.83. The lowest BCUT2D eigenvalue weighted by Gasteiger charge is -2.42. The van der Waals surface area contributed by atoms with Crippen molar-refractivity contribution >= 4 is 0 Å². The van der Waals surface area contributed by atoms with Crippen LogP contribution >= 0.6 is 0 Å². The van der Waals surface area contributed by atoms with Gasteiger partial charge in [0, 0.05) is 50.9 Å². The van der Waals surface area contributed by atoms with Crippen molar-refractivity contribution in [1.82, 2.24) is 15.1 Å². The maximum absolute atomic E-state index is 5.69. The molecular weight excluding hydrogens is 290 g/mol. The van der Waals surface area contributed by atoms with E-state index in [0.29, 0.717) is 6.04 Å². The number of nitrogens with one attached hydrogen (secondary N) is 1. The Bertz CT molecular complexity index is 510. The zero-order valence-corrected chi connectivity index (χ0v) is 14.6. The lowest BCUT2D eigenvalue weighted by molar-refractivity contribution is 0.0905. The van der Waals surface area contributed by atoms with Gasteiger partial charge in [-0.3, -0.25) is 4.90 Å². The first kappa shape index (κ1) is 16.6. The standard InChI is InChI=1S/C18H29N3O2/c1-4-5-20-6-8-21(9-7-20)16-13-19-12-14-10-15(22-2)11-17(23-3)18(14)16/h10-11,16,19H,4-9,12-13H2,1-3H3/t16-/m0/s1. The van der Waals surface area contributed by atoms with Crippen molar-refractivity contribution in [3.05, 3.63) is 23.3 Å². The number of hydrogen-bond donors (Lipinski definition) is 1. The molecule has 1 fully saturated rings. The van der Waals surface area contributed by atoms with E-state index in [1.807, 2.05) is 6.07 Å². The zero-order valence-electron chi connectivity index (χ0n) is 14.6. The molecule has 1 saturated heterocycles. The molecule has 2 aliphatic rings. The van der Waals surface area contributed by atoms with Gasteiger partial charge in [-0.1, -0.05) is 6.92 Å². The number of fused-ring (bicyclic) bond motifs is 1. The average Bonchev–Trinajstić information content (AvgIpc) is 2.61. The van der Waals surface area contributed by atoms with E-state index < -0.39 is 0 Å². The van der Waals surface area contributed by atoms with Crippen molar-refractivity contribution in [1.29, 1.82) is 0 Å². The van der Waals surface area contributed by atoms with Gasteiger partial charge in [-0.2, -0.15) is 0 Å². The Hall–Kier alpha value is -1.30. The molecule has 0 aromatic heterocycles. The molecule has 0 bridgehead atoms. The predicted molar refractivity (Wildman–Crippen MR) is 92.3 cm³/mol. The summed E-state index contributed by atoms with van der Waals surface area (Å²) >= 11 is 0. The lowest BCUT2D eigenvalue weighted by atomic mass is 9.93. The van der Waals surface area contributed by atoms with Crippen molar-refractivity contribution in [3.63, 3.8) is 0 Å². The summed E-state index contributed by atoms with van der Waals surface area (Å²) in [6.07, 6.45) is 1.24. The van der Waals surface area contributed by atoms with Crippen molar-refractivity contribution in [2.75, 3.05) is 53.5 Å². The fourth-order valence-corrected chi connectivity index (χ4v) is 3.84. The first-order chi connectivity index (χ1) is 11.3. The van der Waals surface area contributed by atoms with Crippen molar-refractivity contribution in [3.8, 4) is 11.5 Å². The molecule has 1 N–H and O–H groups in total. The molecule has 0 spiro atoms. The summed E-state index contributed by atoms with van der Waals surface area (Å²) in [6.45, 7) is 9.93. The fraction of sp³-hybridized carbons (Fsp3) is 0.667. The lowest BCUT2D eigenvalue weighted by Crippen LogP contribution is -2.50. The fourth-order valence-electron chi connectivity index (χ4n) is 3.84. The third kappa shape index (κ3) is 3.47. The van der Waals surface area contributed by atoms with Crippen LogP contribution in [0.3, 0.4) is 0 Å². The molecule has 1 aromatic carbocycles. The van der Waals surface area contributed by atoms with Crippen LogP contribution in [0.4, 0.5) is 0 Å². The second-order valence-corrected chi connectivity index (χ2v) is 6.43. The van der Waals surface area contributed by atoms with E-state index in [-0.39, 0.29) is 0 Å². The van der Waals surface area contributed by atoms with Crippen LogP contribution in [-0.4, -0.2) is 63.3 Å². The number of piperazine rings is 1. The molecule has 23 heavy (non-hydrogen) atoms. The van der Waals surface area contributed by atoms with Gasteiger partial charge in [0.2, 0.25) is 0 Å². The highest BCUT2D eigenvalue weighted by Gasteiger charge is 2.31. The van der Waals surface area contributed by atoms with Crippen LogP contribution in [0.25, 0.3) is 0 Å². The van der Waals surface area contributed by atoms with Gasteiger partial charge in [0.1, 0.15) is 11.5 Å². The van der Waals surface area contributed by atoms with Gasteiger partial charge >= 0.3 is 0 Å². The highest BCUT2D eigenvalue weighted by atomic mass is 16.5. The van der Waals surface area contributed by atoms with Crippen LogP contribution in [-0.2, 0) is 6.54 Å². The molecule has 1 atom stereocenters. The highest BCUT2D eigenvalue weighted by molar-refractivity contribution is 5.49. The molecule has 0 saturated carbocycles. The van der Waals surface area contributed by atoms with Crippen molar-refractivity contribution in [2.45, 2.75) is 25.9 Å². The summed E-state index contributed by atoms with van der Waals surface area (Å²) in [5, 5.41) is 3.56. The summed E-state index contributed by atoms with van der Waals surface area (Å²) in [7, 11) is 3.47. The van der Waals surface area contributed by atoms with Gasteiger partial charge in [0.15, 0.2) is 0 Å². The van der Waals surface area contributed by atoms with Crippen LogP contribution < -0.4 is 14.8 Å². The maximum Gasteiger partial charge on any atom is 0.127 e. The SMILES string of the molecule is CCCN1CCN([C@H]2CNCc3cc(OC)cc(OC)c32)CC1. The molecule has 3 rings (SSSR count). The molecule has 5 heteroatoms. The minimum absolute atomic E-state index is 0.392. The Morgan fingerprint density at radius 2 is 1.91 bits per heavy atom. The quantitative estimate of drug-likeness (QED) is 0.897. The van der Waals surface area contributed by atoms with E-state index in [0.717, 1.165) is 50.8 Å². The molecular formula is C18H29N3O2. The highest BCUT2D eigenvalue weighted by Crippen LogP contribution is 2.38. The Balaban J connectivity index is 1.81. The van der Waals surface area contributed by atoms with Gasteiger partial charge in [-0.25, -0.2) is 0 Å². The Labute approximate surface area is 139 Å². The Morgan fingerprint density at radius 1 is 1.13 bits per heavy atom. The van der Waals surface area contributed by atoms with Crippen LogP contribution in [0.5, 0.6) is 11.5 Å². The second kappa shape index (κ2) is 7.51. The first-order valence-corrected chi connectivity index (χ1v) is 8.68. The molecule has 1 aromatic rings. The van der Waals surface area contributed by atoms with Crippen molar-refractivity contribution in [2.24, 2.45) is 0 Å². The Morgan fingerprint density at radius 3 is 2.57 bits per heavy atom. The summed E-state index contributed by atoms with van der Waals surface area (Å²) in [5.41, 5.74) is 2.64. The van der Waals surface area contributed by atoms with Gasteiger partial charge in [0.25, 0.3) is 0 Å². The van der Waals surface area contributed by atoms with E-state index in [1.165, 1.54) is 24.1 Å². The predicted octanol–water partition coefficient (Wildman–Crippen LogP) is 1.88.